The maximum Gasteiger partial charge on any atom is 0.341 e. The van der Waals surface area contributed by atoms with Gasteiger partial charge in [0.1, 0.15) is 28.6 Å². The van der Waals surface area contributed by atoms with Crippen molar-refractivity contribution in [1.29, 1.82) is 0 Å². The Kier molecular flexibility index (Phi) is 9.48. The van der Waals surface area contributed by atoms with Crippen LogP contribution >= 0.6 is 24.0 Å². The molecule has 0 aliphatic carbocycles. The highest BCUT2D eigenvalue weighted by Crippen LogP contribution is 2.26. The van der Waals surface area contributed by atoms with E-state index in [9.17, 15) is 13.6 Å². The lowest BCUT2D eigenvalue weighted by Crippen LogP contribution is -2.44. The van der Waals surface area contributed by atoms with Gasteiger partial charge in [0.2, 0.25) is 0 Å². The van der Waals surface area contributed by atoms with E-state index in [0.717, 1.165) is 5.56 Å². The van der Waals surface area contributed by atoms with Crippen molar-refractivity contribution >= 4 is 41.6 Å². The van der Waals surface area contributed by atoms with E-state index < -0.39 is 17.6 Å². The second kappa shape index (κ2) is 11.8. The fourth-order valence-corrected chi connectivity index (χ4v) is 3.58. The molecule has 1 fully saturated rings. The fraction of sp³-hybridized carbons (Fsp3) is 0.364. The normalized spacial score (nSPS) is 15.7. The van der Waals surface area contributed by atoms with Gasteiger partial charge in [-0.05, 0) is 36.2 Å². The zero-order chi connectivity index (χ0) is 22.4. The minimum atomic E-state index is -0.566. The zero-order valence-electron chi connectivity index (χ0n) is 18.2. The van der Waals surface area contributed by atoms with Crippen molar-refractivity contribution in [3.8, 4) is 5.75 Å². The molecule has 32 heavy (non-hydrogen) atoms. The Morgan fingerprint density at radius 3 is 2.56 bits per heavy atom. The van der Waals surface area contributed by atoms with Gasteiger partial charge in [-0.25, -0.2) is 13.6 Å². The summed E-state index contributed by atoms with van der Waals surface area (Å²) in [6.45, 7) is 1.40. The molecule has 0 spiro atoms. The molecule has 1 aliphatic rings. The lowest BCUT2D eigenvalue weighted by Gasteiger charge is -2.21. The van der Waals surface area contributed by atoms with E-state index in [1.54, 1.807) is 24.1 Å². The van der Waals surface area contributed by atoms with Crippen LogP contribution in [0.25, 0.3) is 0 Å². The predicted octanol–water partition coefficient (Wildman–Crippen LogP) is 3.32. The summed E-state index contributed by atoms with van der Waals surface area (Å²) in [5.74, 6) is -0.624. The number of rotatable bonds is 6. The summed E-state index contributed by atoms with van der Waals surface area (Å²) in [7, 11) is 4.45. The molecular weight excluding hydrogens is 533 g/mol. The molecule has 0 amide bonds. The molecule has 1 aliphatic heterocycles. The Bertz CT molecular complexity index is 954. The number of halogens is 3. The summed E-state index contributed by atoms with van der Waals surface area (Å²) in [5, 5.41) is 6.47. The third-order valence-corrected chi connectivity index (χ3v) is 5.14. The number of para-hydroxylation sites is 1. The van der Waals surface area contributed by atoms with E-state index in [4.69, 9.17) is 9.47 Å². The second-order valence-electron chi connectivity index (χ2n) is 7.10. The van der Waals surface area contributed by atoms with E-state index in [1.807, 2.05) is 6.07 Å². The van der Waals surface area contributed by atoms with Gasteiger partial charge in [-0.15, -0.1) is 24.0 Å². The van der Waals surface area contributed by atoms with Crippen molar-refractivity contribution in [2.45, 2.75) is 19.0 Å². The van der Waals surface area contributed by atoms with E-state index in [-0.39, 0.29) is 35.7 Å². The van der Waals surface area contributed by atoms with Crippen LogP contribution in [0.1, 0.15) is 22.3 Å². The van der Waals surface area contributed by atoms with Gasteiger partial charge in [0, 0.05) is 32.7 Å². The number of carbonyl (C=O) groups is 1. The minimum absolute atomic E-state index is 0. The number of methoxy groups -OCH3 is 2. The molecule has 2 aromatic carbocycles. The quantitative estimate of drug-likeness (QED) is 0.245. The number of aliphatic imine (C=N–C) groups is 1. The van der Waals surface area contributed by atoms with Crippen molar-refractivity contribution in [3.63, 3.8) is 0 Å². The van der Waals surface area contributed by atoms with Crippen molar-refractivity contribution in [1.82, 2.24) is 10.6 Å². The first-order valence-electron chi connectivity index (χ1n) is 9.88. The topological polar surface area (TPSA) is 75.2 Å². The first-order chi connectivity index (χ1) is 15.0. The van der Waals surface area contributed by atoms with E-state index in [2.05, 4.69) is 15.6 Å². The number of benzene rings is 2. The molecule has 0 bridgehead atoms. The van der Waals surface area contributed by atoms with Crippen LogP contribution in [0.15, 0.2) is 41.4 Å². The minimum Gasteiger partial charge on any atom is -0.496 e. The number of nitrogens with zero attached hydrogens (tertiary/aromatic N) is 2. The number of carbonyl (C=O) groups excluding carboxylic acids is 1. The number of esters is 1. The molecule has 3 rings (SSSR count). The Morgan fingerprint density at radius 1 is 1.22 bits per heavy atom. The van der Waals surface area contributed by atoms with E-state index in [0.29, 0.717) is 43.3 Å². The smallest absolute Gasteiger partial charge is 0.341 e. The summed E-state index contributed by atoms with van der Waals surface area (Å²) in [4.78, 5) is 17.9. The highest BCUT2D eigenvalue weighted by molar-refractivity contribution is 14.0. The average molecular weight is 560 g/mol. The van der Waals surface area contributed by atoms with Crippen molar-refractivity contribution in [3.05, 3.63) is 59.2 Å². The van der Waals surface area contributed by atoms with Crippen molar-refractivity contribution in [2.75, 3.05) is 39.3 Å². The molecule has 0 saturated carbocycles. The first-order valence-corrected chi connectivity index (χ1v) is 9.88. The Labute approximate surface area is 203 Å². The lowest BCUT2D eigenvalue weighted by molar-refractivity contribution is 0.0597. The fourth-order valence-electron chi connectivity index (χ4n) is 3.58. The summed E-state index contributed by atoms with van der Waals surface area (Å²) >= 11 is 0. The van der Waals surface area contributed by atoms with Crippen LogP contribution in [0.2, 0.25) is 0 Å². The average Bonchev–Trinajstić information content (AvgIpc) is 3.23. The Morgan fingerprint density at radius 2 is 1.94 bits per heavy atom. The van der Waals surface area contributed by atoms with Crippen molar-refractivity contribution < 1.29 is 23.0 Å². The number of ether oxygens (including phenoxy) is 2. The molecule has 2 aromatic rings. The van der Waals surface area contributed by atoms with Crippen LogP contribution in [0.5, 0.6) is 5.75 Å². The highest BCUT2D eigenvalue weighted by atomic mass is 127. The third-order valence-electron chi connectivity index (χ3n) is 5.14. The van der Waals surface area contributed by atoms with Crippen LogP contribution in [-0.2, 0) is 11.3 Å². The van der Waals surface area contributed by atoms with Gasteiger partial charge in [0.05, 0.1) is 14.2 Å². The van der Waals surface area contributed by atoms with Crippen LogP contribution in [0.3, 0.4) is 0 Å². The molecule has 2 N–H and O–H groups in total. The summed E-state index contributed by atoms with van der Waals surface area (Å²) in [5.41, 5.74) is 1.18. The molecular formula is C22H27F2IN4O3. The number of guanidine groups is 1. The van der Waals surface area contributed by atoms with Gasteiger partial charge in [-0.1, -0.05) is 12.1 Å². The molecule has 7 nitrogen and oxygen atoms in total. The maximum atomic E-state index is 14.1. The summed E-state index contributed by atoms with van der Waals surface area (Å²) < 4.78 is 38.1. The van der Waals surface area contributed by atoms with E-state index >= 15 is 0 Å². The van der Waals surface area contributed by atoms with Crippen molar-refractivity contribution in [2.24, 2.45) is 4.99 Å². The molecule has 1 unspecified atom stereocenters. The predicted molar refractivity (Wildman–Crippen MR) is 130 cm³/mol. The summed E-state index contributed by atoms with van der Waals surface area (Å²) in [6.07, 6.45) is 0.712. The van der Waals surface area contributed by atoms with Gasteiger partial charge < -0.3 is 25.0 Å². The van der Waals surface area contributed by atoms with Gasteiger partial charge in [0.25, 0.3) is 0 Å². The third kappa shape index (κ3) is 5.99. The SMILES string of the molecule is CN=C(NCc1ccc(OC)c(C(=O)OC)c1)NC1CCN(c2c(F)cccc2F)C1.I. The molecule has 1 heterocycles. The molecule has 1 atom stereocenters. The van der Waals surface area contributed by atoms with Crippen LogP contribution < -0.4 is 20.3 Å². The molecule has 0 radical (unpaired) electrons. The first kappa shape index (κ1) is 25.6. The lowest BCUT2D eigenvalue weighted by atomic mass is 10.1. The zero-order valence-corrected chi connectivity index (χ0v) is 20.5. The number of anilines is 1. The second-order valence-corrected chi connectivity index (χ2v) is 7.10. The van der Waals surface area contributed by atoms with Gasteiger partial charge in [0.15, 0.2) is 5.96 Å². The van der Waals surface area contributed by atoms with Gasteiger partial charge in [-0.2, -0.15) is 0 Å². The number of hydrogen-bond acceptors (Lipinski definition) is 5. The van der Waals surface area contributed by atoms with Gasteiger partial charge in [-0.3, -0.25) is 4.99 Å². The monoisotopic (exact) mass is 560 g/mol. The molecule has 0 aromatic heterocycles. The maximum absolute atomic E-state index is 14.1. The molecule has 10 heteroatoms. The highest BCUT2D eigenvalue weighted by Gasteiger charge is 2.27. The van der Waals surface area contributed by atoms with Crippen LogP contribution in [0.4, 0.5) is 14.5 Å². The van der Waals surface area contributed by atoms with E-state index in [1.165, 1.54) is 32.4 Å². The Balaban J connectivity index is 0.00000363. The molecule has 1 saturated heterocycles. The summed E-state index contributed by atoms with van der Waals surface area (Å²) in [6, 6.07) is 9.10. The van der Waals surface area contributed by atoms with Gasteiger partial charge >= 0.3 is 5.97 Å². The Hall–Kier alpha value is -2.63. The number of hydrogen-bond donors (Lipinski definition) is 2. The largest absolute Gasteiger partial charge is 0.496 e. The van der Waals surface area contributed by atoms with Crippen LogP contribution in [0, 0.1) is 11.6 Å². The molecule has 174 valence electrons. The standard InChI is InChI=1S/C22H26F2N4O3.HI/c1-25-22(26-12-14-7-8-19(30-2)16(11-14)21(29)31-3)27-15-9-10-28(13-15)20-17(23)5-4-6-18(20)24;/h4-8,11,15H,9-10,12-13H2,1-3H3,(H2,25,26,27);1H. The van der Waals surface area contributed by atoms with Crippen LogP contribution in [-0.4, -0.2) is 52.3 Å². The number of nitrogens with one attached hydrogen (secondary N) is 2.